The lowest BCUT2D eigenvalue weighted by Gasteiger charge is -2.34. The van der Waals surface area contributed by atoms with E-state index in [0.717, 1.165) is 21.0 Å². The molecule has 1 N–H and O–H groups in total. The standard InChI is InChI=1S/C32H40ClN3O4S/c1-7-29(32(38)34-19-22(2)3)35(20-26-11-9-8-10-24(26)5)31(37)21-36(30-17-14-27(33)18-25(30)6)41(39,40)28-15-12-23(4)13-16-28/h8-18,22,29H,7,19-21H2,1-6H3,(H,34,38)/t29-/m0/s1. The van der Waals surface area contributed by atoms with Crippen molar-refractivity contribution in [3.8, 4) is 0 Å². The van der Waals surface area contributed by atoms with Gasteiger partial charge in [-0.15, -0.1) is 0 Å². The number of anilines is 1. The van der Waals surface area contributed by atoms with E-state index in [0.29, 0.717) is 29.2 Å². The molecule has 0 unspecified atom stereocenters. The second-order valence-corrected chi connectivity index (χ2v) is 13.1. The van der Waals surface area contributed by atoms with Crippen molar-refractivity contribution in [2.75, 3.05) is 17.4 Å². The van der Waals surface area contributed by atoms with Crippen molar-refractivity contribution in [3.05, 3.63) is 94.0 Å². The first kappa shape index (κ1) is 32.2. The fourth-order valence-corrected chi connectivity index (χ4v) is 6.27. The minimum absolute atomic E-state index is 0.0671. The number of rotatable bonds is 12. The monoisotopic (exact) mass is 597 g/mol. The Kier molecular flexibility index (Phi) is 11.0. The topological polar surface area (TPSA) is 86.8 Å². The van der Waals surface area contributed by atoms with E-state index in [1.54, 1.807) is 37.3 Å². The summed E-state index contributed by atoms with van der Waals surface area (Å²) in [5, 5.41) is 3.41. The highest BCUT2D eigenvalue weighted by molar-refractivity contribution is 7.92. The molecule has 7 nitrogen and oxygen atoms in total. The van der Waals surface area contributed by atoms with E-state index in [9.17, 15) is 18.0 Å². The van der Waals surface area contributed by atoms with Gasteiger partial charge in [0.05, 0.1) is 10.6 Å². The number of carbonyl (C=O) groups is 2. The van der Waals surface area contributed by atoms with Crippen molar-refractivity contribution in [3.63, 3.8) is 0 Å². The van der Waals surface area contributed by atoms with Gasteiger partial charge in [-0.1, -0.05) is 74.3 Å². The van der Waals surface area contributed by atoms with Crippen molar-refractivity contribution in [1.29, 1.82) is 0 Å². The summed E-state index contributed by atoms with van der Waals surface area (Å²) in [4.78, 5) is 29.1. The van der Waals surface area contributed by atoms with Gasteiger partial charge in [-0.25, -0.2) is 8.42 Å². The molecule has 0 bridgehead atoms. The summed E-state index contributed by atoms with van der Waals surface area (Å²) in [7, 11) is -4.15. The van der Waals surface area contributed by atoms with Crippen LogP contribution in [0.4, 0.5) is 5.69 Å². The lowest BCUT2D eigenvalue weighted by molar-refractivity contribution is -0.140. The third kappa shape index (κ3) is 8.11. The number of nitrogens with one attached hydrogen (secondary N) is 1. The lowest BCUT2D eigenvalue weighted by Crippen LogP contribution is -2.52. The fraction of sp³-hybridized carbons (Fsp3) is 0.375. The first-order valence-corrected chi connectivity index (χ1v) is 15.6. The van der Waals surface area contributed by atoms with Crippen molar-refractivity contribution in [1.82, 2.24) is 10.2 Å². The number of sulfonamides is 1. The average molecular weight is 598 g/mol. The van der Waals surface area contributed by atoms with Crippen LogP contribution in [0.2, 0.25) is 5.02 Å². The summed E-state index contributed by atoms with van der Waals surface area (Å²) in [6.45, 7) is 11.6. The molecular weight excluding hydrogens is 558 g/mol. The van der Waals surface area contributed by atoms with Crippen molar-refractivity contribution < 1.29 is 18.0 Å². The number of hydrogen-bond donors (Lipinski definition) is 1. The molecule has 0 heterocycles. The van der Waals surface area contributed by atoms with E-state index in [1.165, 1.54) is 17.0 Å². The molecule has 0 saturated heterocycles. The van der Waals surface area contributed by atoms with Gasteiger partial charge in [-0.3, -0.25) is 13.9 Å². The van der Waals surface area contributed by atoms with Crippen LogP contribution in [0.25, 0.3) is 0 Å². The molecule has 3 rings (SSSR count). The summed E-state index contributed by atoms with van der Waals surface area (Å²) in [6.07, 6.45) is 0.367. The van der Waals surface area contributed by atoms with Crippen molar-refractivity contribution in [2.45, 2.75) is 65.4 Å². The molecule has 0 saturated carbocycles. The van der Waals surface area contributed by atoms with Gasteiger partial charge >= 0.3 is 0 Å². The van der Waals surface area contributed by atoms with E-state index in [1.807, 2.05) is 58.9 Å². The molecule has 3 aromatic carbocycles. The summed E-state index contributed by atoms with van der Waals surface area (Å²) in [5.41, 5.74) is 3.72. The summed E-state index contributed by atoms with van der Waals surface area (Å²) in [6, 6.07) is 18.3. The van der Waals surface area contributed by atoms with E-state index in [4.69, 9.17) is 11.6 Å². The molecule has 0 aliphatic heterocycles. The highest BCUT2D eigenvalue weighted by Gasteiger charge is 2.34. The smallest absolute Gasteiger partial charge is 0.264 e. The molecular formula is C32H40ClN3O4S. The van der Waals surface area contributed by atoms with Crippen molar-refractivity contribution >= 4 is 39.1 Å². The highest BCUT2D eigenvalue weighted by Crippen LogP contribution is 2.30. The van der Waals surface area contributed by atoms with E-state index < -0.39 is 28.5 Å². The zero-order valence-corrected chi connectivity index (χ0v) is 26.2. The normalized spacial score (nSPS) is 12.2. The van der Waals surface area contributed by atoms with Crippen LogP contribution in [-0.4, -0.2) is 44.3 Å². The predicted octanol–water partition coefficient (Wildman–Crippen LogP) is 6.04. The highest BCUT2D eigenvalue weighted by atomic mass is 35.5. The van der Waals surface area contributed by atoms with Crippen LogP contribution in [0.15, 0.2) is 71.6 Å². The SMILES string of the molecule is CC[C@@H](C(=O)NCC(C)C)N(Cc1ccccc1C)C(=O)CN(c1ccc(Cl)cc1C)S(=O)(=O)c1ccc(C)cc1. The van der Waals surface area contributed by atoms with E-state index in [2.05, 4.69) is 5.32 Å². The molecule has 0 aliphatic rings. The van der Waals surface area contributed by atoms with Gasteiger partial charge in [0, 0.05) is 18.1 Å². The Bertz CT molecular complexity index is 1470. The van der Waals surface area contributed by atoms with Gasteiger partial charge in [0.15, 0.2) is 0 Å². The number of aryl methyl sites for hydroxylation is 3. The molecule has 9 heteroatoms. The Hall–Kier alpha value is -3.36. The van der Waals surface area contributed by atoms with Gasteiger partial charge in [-0.2, -0.15) is 0 Å². The molecule has 2 amide bonds. The van der Waals surface area contributed by atoms with Crippen LogP contribution >= 0.6 is 11.6 Å². The Balaban J connectivity index is 2.09. The molecule has 0 spiro atoms. The second kappa shape index (κ2) is 14.0. The maximum Gasteiger partial charge on any atom is 0.264 e. The Labute approximate surface area is 249 Å². The Morgan fingerprint density at radius 2 is 1.59 bits per heavy atom. The molecule has 0 aliphatic carbocycles. The third-order valence-corrected chi connectivity index (χ3v) is 9.00. The largest absolute Gasteiger partial charge is 0.354 e. The van der Waals surface area contributed by atoms with Gasteiger partial charge in [-0.05, 0) is 80.1 Å². The van der Waals surface area contributed by atoms with Crippen LogP contribution in [0.3, 0.4) is 0 Å². The second-order valence-electron chi connectivity index (χ2n) is 10.8. The first-order valence-electron chi connectivity index (χ1n) is 13.8. The first-order chi connectivity index (χ1) is 19.3. The maximum absolute atomic E-state index is 14.2. The molecule has 0 aromatic heterocycles. The third-order valence-electron chi connectivity index (χ3n) is 6.99. The molecule has 0 fully saturated rings. The van der Waals surface area contributed by atoms with E-state index in [-0.39, 0.29) is 23.3 Å². The zero-order valence-electron chi connectivity index (χ0n) is 24.6. The number of benzene rings is 3. The van der Waals surface area contributed by atoms with Crippen LogP contribution in [0.1, 0.15) is 49.4 Å². The number of nitrogens with zero attached hydrogens (tertiary/aromatic N) is 2. The van der Waals surface area contributed by atoms with Crippen molar-refractivity contribution in [2.24, 2.45) is 5.92 Å². The fourth-order valence-electron chi connectivity index (χ4n) is 4.56. The quantitative estimate of drug-likeness (QED) is 0.276. The van der Waals surface area contributed by atoms with Gasteiger partial charge in [0.25, 0.3) is 10.0 Å². The van der Waals surface area contributed by atoms with E-state index >= 15 is 0 Å². The van der Waals surface area contributed by atoms with Gasteiger partial charge in [0.2, 0.25) is 11.8 Å². The van der Waals surface area contributed by atoms with Crippen LogP contribution < -0.4 is 9.62 Å². The Morgan fingerprint density at radius 1 is 0.927 bits per heavy atom. The minimum Gasteiger partial charge on any atom is -0.354 e. The summed E-state index contributed by atoms with van der Waals surface area (Å²) < 4.78 is 29.2. The average Bonchev–Trinajstić information content (AvgIpc) is 2.92. The number of halogens is 1. The zero-order chi connectivity index (χ0) is 30.3. The number of carbonyl (C=O) groups excluding carboxylic acids is 2. The van der Waals surface area contributed by atoms with Crippen LogP contribution in [0, 0.1) is 26.7 Å². The molecule has 0 radical (unpaired) electrons. The van der Waals surface area contributed by atoms with Gasteiger partial charge < -0.3 is 10.2 Å². The maximum atomic E-state index is 14.2. The molecule has 1 atom stereocenters. The van der Waals surface area contributed by atoms with Crippen LogP contribution in [0.5, 0.6) is 0 Å². The molecule has 41 heavy (non-hydrogen) atoms. The Morgan fingerprint density at radius 3 is 2.17 bits per heavy atom. The number of hydrogen-bond acceptors (Lipinski definition) is 4. The number of amides is 2. The summed E-state index contributed by atoms with van der Waals surface area (Å²) in [5.74, 6) is -0.511. The molecule has 220 valence electrons. The summed E-state index contributed by atoms with van der Waals surface area (Å²) >= 11 is 6.19. The van der Waals surface area contributed by atoms with Gasteiger partial charge in [0.1, 0.15) is 12.6 Å². The molecule has 3 aromatic rings. The van der Waals surface area contributed by atoms with Crippen LogP contribution in [-0.2, 0) is 26.2 Å². The predicted molar refractivity (Wildman–Crippen MR) is 166 cm³/mol. The minimum atomic E-state index is -4.15. The lowest BCUT2D eigenvalue weighted by atomic mass is 10.1.